The lowest BCUT2D eigenvalue weighted by Crippen LogP contribution is -2.21. The minimum atomic E-state index is -0.337. The van der Waals surface area contributed by atoms with Crippen molar-refractivity contribution in [3.8, 4) is 0 Å². The molecule has 0 bridgehead atoms. The van der Waals surface area contributed by atoms with Gasteiger partial charge in [-0.2, -0.15) is 0 Å². The number of rotatable bonds is 2. The van der Waals surface area contributed by atoms with Crippen molar-refractivity contribution in [3.05, 3.63) is 0 Å². The highest BCUT2D eigenvalue weighted by molar-refractivity contribution is 5.91. The Morgan fingerprint density at radius 3 is 2.50 bits per heavy atom. The van der Waals surface area contributed by atoms with Gasteiger partial charge in [0.15, 0.2) is 0 Å². The maximum absolute atomic E-state index is 10.2. The van der Waals surface area contributed by atoms with E-state index in [2.05, 4.69) is 4.99 Å². The first kappa shape index (κ1) is 7.14. The van der Waals surface area contributed by atoms with Crippen LogP contribution in [0.1, 0.15) is 6.92 Å². The van der Waals surface area contributed by atoms with Crippen LogP contribution in [0.5, 0.6) is 0 Å². The van der Waals surface area contributed by atoms with E-state index in [1.807, 2.05) is 0 Å². The van der Waals surface area contributed by atoms with Crippen LogP contribution in [0.25, 0.3) is 0 Å². The van der Waals surface area contributed by atoms with Gasteiger partial charge in [-0.05, 0) is 6.92 Å². The van der Waals surface area contributed by atoms with Crippen molar-refractivity contribution in [2.75, 3.05) is 7.05 Å². The zero-order chi connectivity index (χ0) is 6.57. The minimum Gasteiger partial charge on any atom is -0.369 e. The van der Waals surface area contributed by atoms with Crippen LogP contribution in [0, 0.1) is 5.92 Å². The number of carbonyl (C=O) groups excluding carboxylic acids is 1. The minimum absolute atomic E-state index is 0.236. The lowest BCUT2D eigenvalue weighted by Gasteiger charge is -1.94. The summed E-state index contributed by atoms with van der Waals surface area (Å²) < 4.78 is 0. The summed E-state index contributed by atoms with van der Waals surface area (Å²) in [6.07, 6.45) is 1.52. The highest BCUT2D eigenvalue weighted by atomic mass is 16.1. The van der Waals surface area contributed by atoms with E-state index in [1.54, 1.807) is 14.0 Å². The van der Waals surface area contributed by atoms with Gasteiger partial charge in [0.25, 0.3) is 0 Å². The summed E-state index contributed by atoms with van der Waals surface area (Å²) in [4.78, 5) is 13.9. The normalized spacial score (nSPS) is 14.2. The van der Waals surface area contributed by atoms with Gasteiger partial charge in [-0.3, -0.25) is 4.79 Å². The number of amides is 1. The average molecular weight is 114 g/mol. The molecule has 0 aliphatic heterocycles. The zero-order valence-electron chi connectivity index (χ0n) is 5.09. The van der Waals surface area contributed by atoms with Crippen molar-refractivity contribution in [2.24, 2.45) is 16.6 Å². The van der Waals surface area contributed by atoms with Crippen molar-refractivity contribution in [1.82, 2.24) is 0 Å². The SMILES string of the molecule is CN=CC(C)C(N)=O. The lowest BCUT2D eigenvalue weighted by molar-refractivity contribution is -0.119. The number of hydrogen-bond acceptors (Lipinski definition) is 2. The molecule has 1 amide bonds. The maximum Gasteiger partial charge on any atom is 0.225 e. The fourth-order valence-corrected chi connectivity index (χ4v) is 0.297. The summed E-state index contributed by atoms with van der Waals surface area (Å²) >= 11 is 0. The molecule has 0 spiro atoms. The predicted molar refractivity (Wildman–Crippen MR) is 32.8 cm³/mol. The topological polar surface area (TPSA) is 55.4 Å². The molecule has 0 aromatic carbocycles. The number of carbonyl (C=O) groups is 1. The Labute approximate surface area is 48.6 Å². The molecule has 0 radical (unpaired) electrons. The number of nitrogens with two attached hydrogens (primary N) is 1. The van der Waals surface area contributed by atoms with Crippen molar-refractivity contribution in [2.45, 2.75) is 6.92 Å². The van der Waals surface area contributed by atoms with Crippen LogP contribution in [0.3, 0.4) is 0 Å². The standard InChI is InChI=1S/C5H10N2O/c1-4(3-7-2)5(6)8/h3-4H,1-2H3,(H2,6,8). The molecular formula is C5H10N2O. The molecule has 0 heterocycles. The van der Waals surface area contributed by atoms with Crippen LogP contribution in [-0.4, -0.2) is 19.2 Å². The molecule has 0 fully saturated rings. The molecule has 0 saturated heterocycles. The summed E-state index contributed by atoms with van der Waals surface area (Å²) in [5.41, 5.74) is 4.89. The smallest absolute Gasteiger partial charge is 0.225 e. The molecule has 46 valence electrons. The van der Waals surface area contributed by atoms with Crippen LogP contribution < -0.4 is 5.73 Å². The molecule has 3 heteroatoms. The lowest BCUT2D eigenvalue weighted by atomic mass is 10.2. The van der Waals surface area contributed by atoms with Crippen molar-refractivity contribution in [3.63, 3.8) is 0 Å². The first-order chi connectivity index (χ1) is 3.68. The van der Waals surface area contributed by atoms with Gasteiger partial charge in [0.05, 0.1) is 5.92 Å². The number of primary amides is 1. The first-order valence-corrected chi connectivity index (χ1v) is 2.40. The van der Waals surface area contributed by atoms with Crippen LogP contribution in [-0.2, 0) is 4.79 Å². The number of nitrogens with zero attached hydrogens (tertiary/aromatic N) is 1. The van der Waals surface area contributed by atoms with E-state index in [0.717, 1.165) is 0 Å². The molecule has 8 heavy (non-hydrogen) atoms. The van der Waals surface area contributed by atoms with Gasteiger partial charge < -0.3 is 10.7 Å². The third-order valence-corrected chi connectivity index (χ3v) is 0.821. The van der Waals surface area contributed by atoms with Crippen LogP contribution >= 0.6 is 0 Å². The van der Waals surface area contributed by atoms with E-state index in [0.29, 0.717) is 0 Å². The van der Waals surface area contributed by atoms with E-state index >= 15 is 0 Å². The third-order valence-electron chi connectivity index (χ3n) is 0.821. The molecule has 1 atom stereocenters. The van der Waals surface area contributed by atoms with E-state index in [4.69, 9.17) is 5.73 Å². The predicted octanol–water partition coefficient (Wildman–Crippen LogP) is -0.192. The molecule has 1 unspecified atom stereocenters. The van der Waals surface area contributed by atoms with E-state index in [1.165, 1.54) is 6.21 Å². The summed E-state index contributed by atoms with van der Waals surface area (Å²) in [7, 11) is 1.61. The Morgan fingerprint density at radius 2 is 2.38 bits per heavy atom. The van der Waals surface area contributed by atoms with Gasteiger partial charge in [-0.25, -0.2) is 0 Å². The Balaban J connectivity index is 3.64. The van der Waals surface area contributed by atoms with E-state index in [-0.39, 0.29) is 11.8 Å². The Bertz CT molecular complexity index is 109. The van der Waals surface area contributed by atoms with Crippen molar-refractivity contribution >= 4 is 12.1 Å². The molecule has 0 aromatic heterocycles. The molecule has 0 rings (SSSR count). The summed E-state index contributed by atoms with van der Waals surface area (Å²) in [6.45, 7) is 1.70. The third kappa shape index (κ3) is 2.34. The fraction of sp³-hybridized carbons (Fsp3) is 0.600. The quantitative estimate of drug-likeness (QED) is 0.497. The second-order valence-electron chi connectivity index (χ2n) is 1.60. The summed E-state index contributed by atoms with van der Waals surface area (Å²) in [5.74, 6) is -0.574. The highest BCUT2D eigenvalue weighted by Crippen LogP contribution is 1.84. The van der Waals surface area contributed by atoms with E-state index < -0.39 is 0 Å². The fourth-order valence-electron chi connectivity index (χ4n) is 0.297. The number of hydrogen-bond donors (Lipinski definition) is 1. The van der Waals surface area contributed by atoms with Crippen LogP contribution in [0.4, 0.5) is 0 Å². The van der Waals surface area contributed by atoms with Gasteiger partial charge in [0.1, 0.15) is 0 Å². The highest BCUT2D eigenvalue weighted by Gasteiger charge is 2.01. The average Bonchev–Trinajstić information content (AvgIpc) is 1.67. The number of aliphatic imine (C=N–C) groups is 1. The van der Waals surface area contributed by atoms with Gasteiger partial charge in [0, 0.05) is 13.3 Å². The van der Waals surface area contributed by atoms with Crippen molar-refractivity contribution < 1.29 is 4.79 Å². The molecule has 0 aliphatic carbocycles. The van der Waals surface area contributed by atoms with Crippen LogP contribution in [0.2, 0.25) is 0 Å². The Kier molecular flexibility index (Phi) is 2.84. The Hall–Kier alpha value is -0.860. The van der Waals surface area contributed by atoms with Gasteiger partial charge >= 0.3 is 0 Å². The molecular weight excluding hydrogens is 104 g/mol. The van der Waals surface area contributed by atoms with E-state index in [9.17, 15) is 4.79 Å². The zero-order valence-corrected chi connectivity index (χ0v) is 5.09. The van der Waals surface area contributed by atoms with Gasteiger partial charge in [-0.15, -0.1) is 0 Å². The second kappa shape index (κ2) is 3.18. The van der Waals surface area contributed by atoms with Gasteiger partial charge in [-0.1, -0.05) is 0 Å². The van der Waals surface area contributed by atoms with Gasteiger partial charge in [0.2, 0.25) is 5.91 Å². The Morgan fingerprint density at radius 1 is 1.88 bits per heavy atom. The molecule has 3 nitrogen and oxygen atoms in total. The summed E-state index contributed by atoms with van der Waals surface area (Å²) in [5, 5.41) is 0. The molecule has 0 saturated carbocycles. The second-order valence-corrected chi connectivity index (χ2v) is 1.60. The van der Waals surface area contributed by atoms with Crippen molar-refractivity contribution in [1.29, 1.82) is 0 Å². The molecule has 0 aromatic rings. The largest absolute Gasteiger partial charge is 0.369 e. The molecule has 2 N–H and O–H groups in total. The molecule has 0 aliphatic rings. The first-order valence-electron chi connectivity index (χ1n) is 2.40. The monoisotopic (exact) mass is 114 g/mol. The maximum atomic E-state index is 10.2. The van der Waals surface area contributed by atoms with Crippen LogP contribution in [0.15, 0.2) is 4.99 Å². The summed E-state index contributed by atoms with van der Waals surface area (Å²) in [6, 6.07) is 0.